The highest BCUT2D eigenvalue weighted by Gasteiger charge is 2.32. The van der Waals surface area contributed by atoms with E-state index in [2.05, 4.69) is 12.2 Å². The summed E-state index contributed by atoms with van der Waals surface area (Å²) < 4.78 is 5.93. The molecule has 0 aliphatic carbocycles. The van der Waals surface area contributed by atoms with Gasteiger partial charge in [0.2, 0.25) is 0 Å². The number of unbranched alkanes of at least 4 members (excludes halogenated alkanes) is 1. The molecule has 0 aromatic rings. The average Bonchev–Trinajstić information content (AvgIpc) is 2.74. The average molecular weight is 273 g/mol. The van der Waals surface area contributed by atoms with Crippen LogP contribution in [0.3, 0.4) is 0 Å². The molecule has 19 heavy (non-hydrogen) atoms. The van der Waals surface area contributed by atoms with Gasteiger partial charge in [-0.3, -0.25) is 4.79 Å². The molecule has 0 aromatic carbocycles. The Bertz CT molecular complexity index is 331. The van der Waals surface area contributed by atoms with Crippen molar-refractivity contribution in [3.8, 4) is 0 Å². The molecular formula is C13H25N2O4+. The van der Waals surface area contributed by atoms with E-state index in [4.69, 9.17) is 9.84 Å². The minimum atomic E-state index is -0.891. The van der Waals surface area contributed by atoms with Crippen LogP contribution in [-0.4, -0.2) is 67.4 Å². The summed E-state index contributed by atoms with van der Waals surface area (Å²) >= 11 is 0. The number of nitrogens with one attached hydrogen (secondary N) is 1. The van der Waals surface area contributed by atoms with Crippen molar-refractivity contribution in [1.29, 1.82) is 0 Å². The summed E-state index contributed by atoms with van der Waals surface area (Å²) in [5.74, 6) is -1.14. The van der Waals surface area contributed by atoms with Crippen molar-refractivity contribution in [2.75, 3.05) is 33.7 Å². The lowest BCUT2D eigenvalue weighted by Gasteiger charge is -2.28. The number of ether oxygens (including phenoxy) is 1. The number of quaternary nitrogens is 1. The van der Waals surface area contributed by atoms with E-state index in [0.717, 1.165) is 19.4 Å². The SMILES string of the molecule is CCCC[N+](C)(C)CC(=O)O[C@H]1CN[C@H](C(=O)O)C1. The molecule has 110 valence electrons. The quantitative estimate of drug-likeness (QED) is 0.513. The van der Waals surface area contributed by atoms with Crippen molar-refractivity contribution < 1.29 is 23.9 Å². The molecule has 2 N–H and O–H groups in total. The first kappa shape index (κ1) is 15.9. The van der Waals surface area contributed by atoms with E-state index in [1.807, 2.05) is 14.1 Å². The van der Waals surface area contributed by atoms with E-state index in [0.29, 0.717) is 24.0 Å². The molecule has 0 radical (unpaired) electrons. The lowest BCUT2D eigenvalue weighted by molar-refractivity contribution is -0.883. The molecule has 1 fully saturated rings. The number of carbonyl (C=O) groups is 2. The van der Waals surface area contributed by atoms with Gasteiger partial charge in [0.05, 0.1) is 20.6 Å². The van der Waals surface area contributed by atoms with Crippen LogP contribution in [0.2, 0.25) is 0 Å². The molecule has 1 aliphatic heterocycles. The molecule has 2 atom stereocenters. The summed E-state index contributed by atoms with van der Waals surface area (Å²) in [6, 6.07) is -0.597. The summed E-state index contributed by atoms with van der Waals surface area (Å²) in [7, 11) is 4.01. The topological polar surface area (TPSA) is 75.6 Å². The van der Waals surface area contributed by atoms with Gasteiger partial charge in [0.15, 0.2) is 6.54 Å². The van der Waals surface area contributed by atoms with Gasteiger partial charge in [0, 0.05) is 13.0 Å². The molecule has 1 saturated heterocycles. The van der Waals surface area contributed by atoms with E-state index in [9.17, 15) is 9.59 Å². The lowest BCUT2D eigenvalue weighted by atomic mass is 10.2. The Morgan fingerprint density at radius 3 is 2.63 bits per heavy atom. The predicted octanol–water partition coefficient (Wildman–Crippen LogP) is 0.221. The number of hydrogen-bond donors (Lipinski definition) is 2. The Hall–Kier alpha value is -1.14. The maximum Gasteiger partial charge on any atom is 0.362 e. The number of likely N-dealkylation sites (N-methyl/N-ethyl adjacent to an activating group) is 1. The summed E-state index contributed by atoms with van der Waals surface area (Å²) in [5.41, 5.74) is 0. The van der Waals surface area contributed by atoms with Crippen LogP contribution in [0.4, 0.5) is 0 Å². The predicted molar refractivity (Wildman–Crippen MR) is 70.7 cm³/mol. The van der Waals surface area contributed by atoms with Crippen LogP contribution in [0.15, 0.2) is 0 Å². The van der Waals surface area contributed by atoms with Crippen molar-refractivity contribution in [3.05, 3.63) is 0 Å². The highest BCUT2D eigenvalue weighted by Crippen LogP contribution is 2.12. The maximum atomic E-state index is 11.8. The smallest absolute Gasteiger partial charge is 0.362 e. The third-order valence-corrected chi connectivity index (χ3v) is 3.36. The molecule has 6 nitrogen and oxygen atoms in total. The largest absolute Gasteiger partial charge is 0.480 e. The zero-order chi connectivity index (χ0) is 14.5. The van der Waals surface area contributed by atoms with E-state index in [1.165, 1.54) is 0 Å². The molecule has 1 heterocycles. The Balaban J connectivity index is 2.34. The molecule has 0 unspecified atom stereocenters. The Labute approximate surface area is 114 Å². The van der Waals surface area contributed by atoms with E-state index < -0.39 is 12.0 Å². The van der Waals surface area contributed by atoms with Crippen molar-refractivity contribution in [1.82, 2.24) is 5.32 Å². The van der Waals surface area contributed by atoms with Crippen LogP contribution in [0.25, 0.3) is 0 Å². The van der Waals surface area contributed by atoms with Gasteiger partial charge in [-0.1, -0.05) is 13.3 Å². The Morgan fingerprint density at radius 2 is 2.11 bits per heavy atom. The Morgan fingerprint density at radius 1 is 1.42 bits per heavy atom. The van der Waals surface area contributed by atoms with Gasteiger partial charge in [-0.2, -0.15) is 0 Å². The Kier molecular flexibility index (Phi) is 5.75. The standard InChI is InChI=1S/C13H24N2O4/c1-4-5-6-15(2,3)9-12(16)19-10-7-11(13(17)18)14-8-10/h10-11,14H,4-9H2,1-3H3/p+1/t10-,11+/m1/s1. The minimum absolute atomic E-state index is 0.251. The fourth-order valence-corrected chi connectivity index (χ4v) is 2.22. The first-order chi connectivity index (χ1) is 8.84. The highest BCUT2D eigenvalue weighted by molar-refractivity contribution is 5.74. The summed E-state index contributed by atoms with van der Waals surface area (Å²) in [4.78, 5) is 22.6. The first-order valence-corrected chi connectivity index (χ1v) is 6.81. The monoisotopic (exact) mass is 273 g/mol. The zero-order valence-corrected chi connectivity index (χ0v) is 12.0. The van der Waals surface area contributed by atoms with Gasteiger partial charge in [0.1, 0.15) is 12.1 Å². The molecule has 0 bridgehead atoms. The van der Waals surface area contributed by atoms with Gasteiger partial charge in [-0.15, -0.1) is 0 Å². The summed E-state index contributed by atoms with van der Waals surface area (Å²) in [5, 5.41) is 11.7. The molecule has 0 spiro atoms. The zero-order valence-electron chi connectivity index (χ0n) is 12.0. The highest BCUT2D eigenvalue weighted by atomic mass is 16.5. The van der Waals surface area contributed by atoms with Gasteiger partial charge in [-0.25, -0.2) is 4.79 Å². The van der Waals surface area contributed by atoms with Crippen LogP contribution in [0, 0.1) is 0 Å². The number of carboxylic acid groups (broad SMARTS) is 1. The van der Waals surface area contributed by atoms with Gasteiger partial charge < -0.3 is 19.6 Å². The molecule has 6 heteroatoms. The maximum absolute atomic E-state index is 11.8. The fraction of sp³-hybridized carbons (Fsp3) is 0.846. The molecule has 0 aromatic heterocycles. The third kappa shape index (κ3) is 5.57. The second kappa shape index (κ2) is 6.86. The molecule has 1 aliphatic rings. The third-order valence-electron chi connectivity index (χ3n) is 3.36. The number of esters is 1. The van der Waals surface area contributed by atoms with Crippen LogP contribution in [0.1, 0.15) is 26.2 Å². The summed E-state index contributed by atoms with van der Waals surface area (Å²) in [6.07, 6.45) is 2.21. The fourth-order valence-electron chi connectivity index (χ4n) is 2.22. The minimum Gasteiger partial charge on any atom is -0.480 e. The van der Waals surface area contributed by atoms with Crippen molar-refractivity contribution in [2.45, 2.75) is 38.3 Å². The molecular weight excluding hydrogens is 248 g/mol. The number of carboxylic acids is 1. The van der Waals surface area contributed by atoms with Crippen molar-refractivity contribution in [3.63, 3.8) is 0 Å². The second-order valence-corrected chi connectivity index (χ2v) is 5.82. The molecule has 0 amide bonds. The first-order valence-electron chi connectivity index (χ1n) is 6.81. The van der Waals surface area contributed by atoms with E-state index in [-0.39, 0.29) is 12.1 Å². The van der Waals surface area contributed by atoms with Crippen LogP contribution >= 0.6 is 0 Å². The van der Waals surface area contributed by atoms with Crippen molar-refractivity contribution in [2.24, 2.45) is 0 Å². The number of hydrogen-bond acceptors (Lipinski definition) is 4. The number of rotatable bonds is 7. The lowest BCUT2D eigenvalue weighted by Crippen LogP contribution is -2.45. The normalized spacial score (nSPS) is 23.3. The van der Waals surface area contributed by atoms with E-state index in [1.54, 1.807) is 0 Å². The molecule has 0 saturated carbocycles. The van der Waals surface area contributed by atoms with E-state index >= 15 is 0 Å². The number of carbonyl (C=O) groups excluding carboxylic acids is 1. The van der Waals surface area contributed by atoms with Gasteiger partial charge >= 0.3 is 11.9 Å². The summed E-state index contributed by atoms with van der Waals surface area (Å²) in [6.45, 7) is 3.81. The second-order valence-electron chi connectivity index (χ2n) is 5.82. The number of aliphatic carboxylic acids is 1. The van der Waals surface area contributed by atoms with Crippen LogP contribution in [-0.2, 0) is 14.3 Å². The van der Waals surface area contributed by atoms with Gasteiger partial charge in [0.25, 0.3) is 0 Å². The molecule has 1 rings (SSSR count). The van der Waals surface area contributed by atoms with Crippen LogP contribution < -0.4 is 5.32 Å². The van der Waals surface area contributed by atoms with Crippen LogP contribution in [0.5, 0.6) is 0 Å². The van der Waals surface area contributed by atoms with Crippen molar-refractivity contribution >= 4 is 11.9 Å². The van der Waals surface area contributed by atoms with Gasteiger partial charge in [-0.05, 0) is 6.42 Å². The number of nitrogens with zero attached hydrogens (tertiary/aromatic N) is 1.